The van der Waals surface area contributed by atoms with E-state index in [9.17, 15) is 5.11 Å². The number of hydrogen-bond acceptors (Lipinski definition) is 2. The van der Waals surface area contributed by atoms with E-state index in [2.05, 4.69) is 53.4 Å². The second kappa shape index (κ2) is 12.7. The van der Waals surface area contributed by atoms with Crippen LogP contribution in [-0.4, -0.2) is 18.2 Å². The summed E-state index contributed by atoms with van der Waals surface area (Å²) in [7, 11) is 10.2. The van der Waals surface area contributed by atoms with E-state index in [1.54, 1.807) is 0 Å². The SMILES string of the molecule is Oc1c(Cc2ccccc2)cccc1Pc1ccccc1N1CCCCC1.[Cl][Ti][Cl]. The molecule has 1 heterocycles. The number of para-hydroxylation sites is 2. The third-order valence-electron chi connectivity index (χ3n) is 5.23. The number of rotatable bonds is 5. The van der Waals surface area contributed by atoms with Gasteiger partial charge < -0.3 is 10.0 Å². The van der Waals surface area contributed by atoms with Crippen molar-refractivity contribution >= 4 is 43.5 Å². The fourth-order valence-corrected chi connectivity index (χ4v) is 5.08. The van der Waals surface area contributed by atoms with E-state index >= 15 is 0 Å². The number of phenolic OH excluding ortho intramolecular Hbond substituents is 1. The molecule has 4 rings (SSSR count). The molecule has 1 aliphatic heterocycles. The first kappa shape index (κ1) is 23.6. The molecular formula is C24H26Cl2NOPTi. The average molecular weight is 494 g/mol. The summed E-state index contributed by atoms with van der Waals surface area (Å²) in [5.41, 5.74) is 3.56. The molecule has 0 bridgehead atoms. The van der Waals surface area contributed by atoms with Crippen LogP contribution >= 0.6 is 27.2 Å². The Morgan fingerprint density at radius 1 is 0.800 bits per heavy atom. The number of piperidine rings is 1. The summed E-state index contributed by atoms with van der Waals surface area (Å²) >= 11 is -0.556. The average Bonchev–Trinajstić information content (AvgIpc) is 2.79. The summed E-state index contributed by atoms with van der Waals surface area (Å²) in [5.74, 6) is 0.452. The Balaban J connectivity index is 0.000000806. The topological polar surface area (TPSA) is 23.5 Å². The third-order valence-corrected chi connectivity index (χ3v) is 6.59. The van der Waals surface area contributed by atoms with Crippen molar-refractivity contribution < 1.29 is 22.1 Å². The summed E-state index contributed by atoms with van der Waals surface area (Å²) in [4.78, 5) is 2.51. The number of hydrogen-bond donors (Lipinski definition) is 1. The maximum absolute atomic E-state index is 10.9. The molecule has 30 heavy (non-hydrogen) atoms. The van der Waals surface area contributed by atoms with Crippen LogP contribution in [0.5, 0.6) is 5.75 Å². The Morgan fingerprint density at radius 3 is 2.17 bits per heavy atom. The predicted octanol–water partition coefficient (Wildman–Crippen LogP) is 5.98. The molecule has 0 aliphatic carbocycles. The van der Waals surface area contributed by atoms with Crippen molar-refractivity contribution in [2.24, 2.45) is 0 Å². The van der Waals surface area contributed by atoms with Crippen molar-refractivity contribution in [3.63, 3.8) is 0 Å². The van der Waals surface area contributed by atoms with Gasteiger partial charge in [0.1, 0.15) is 5.75 Å². The van der Waals surface area contributed by atoms with Crippen LogP contribution in [0.4, 0.5) is 5.69 Å². The molecule has 1 aliphatic rings. The first-order valence-electron chi connectivity index (χ1n) is 10.1. The fraction of sp³-hybridized carbons (Fsp3) is 0.250. The van der Waals surface area contributed by atoms with Gasteiger partial charge in [-0.1, -0.05) is 75.3 Å². The summed E-state index contributed by atoms with van der Waals surface area (Å²) in [6.45, 7) is 2.28. The van der Waals surface area contributed by atoms with Crippen LogP contribution in [0, 0.1) is 0 Å². The minimum absolute atomic E-state index is 0.452. The molecule has 156 valence electrons. The number of aromatic hydroxyl groups is 1. The molecule has 0 saturated carbocycles. The Bertz CT molecular complexity index is 920. The van der Waals surface area contributed by atoms with Gasteiger partial charge >= 0.3 is 35.6 Å². The zero-order valence-corrected chi connectivity index (χ0v) is 20.9. The molecular weight excluding hydrogens is 468 g/mol. The Morgan fingerprint density at radius 2 is 1.43 bits per heavy atom. The van der Waals surface area contributed by atoms with Crippen LogP contribution in [0.2, 0.25) is 0 Å². The Kier molecular flexibility index (Phi) is 10.0. The van der Waals surface area contributed by atoms with E-state index in [0.29, 0.717) is 14.3 Å². The number of anilines is 1. The Labute approximate surface area is 198 Å². The summed E-state index contributed by atoms with van der Waals surface area (Å²) in [5, 5.41) is 13.3. The van der Waals surface area contributed by atoms with Crippen molar-refractivity contribution in [2.75, 3.05) is 18.0 Å². The second-order valence-electron chi connectivity index (χ2n) is 7.24. The molecule has 1 atom stereocenters. The van der Waals surface area contributed by atoms with Crippen LogP contribution in [0.1, 0.15) is 30.4 Å². The van der Waals surface area contributed by atoms with Crippen molar-refractivity contribution in [1.82, 2.24) is 0 Å². The molecule has 1 saturated heterocycles. The van der Waals surface area contributed by atoms with Gasteiger partial charge in [0.2, 0.25) is 0 Å². The molecule has 6 heteroatoms. The van der Waals surface area contributed by atoms with Gasteiger partial charge in [0.15, 0.2) is 0 Å². The normalized spacial score (nSPS) is 13.7. The molecule has 3 aromatic rings. The molecule has 1 unspecified atom stereocenters. The van der Waals surface area contributed by atoms with Gasteiger partial charge in [0.05, 0.1) is 0 Å². The van der Waals surface area contributed by atoms with Gasteiger partial charge in [-0.25, -0.2) is 0 Å². The van der Waals surface area contributed by atoms with Crippen molar-refractivity contribution in [1.29, 1.82) is 0 Å². The van der Waals surface area contributed by atoms with E-state index in [1.165, 1.54) is 35.8 Å². The second-order valence-corrected chi connectivity index (χ2v) is 11.1. The standard InChI is InChI=1S/C24H26NOP.2ClH.Ti/c26-24-20(18-19-10-3-1-4-11-19)12-9-15-23(24)27-22-14-6-5-13-21(22)25-16-7-2-8-17-25;;;/h1,3-6,9-15,26-27H,2,7-8,16-18H2;2*1H;/q;;;+2/p-2. The summed E-state index contributed by atoms with van der Waals surface area (Å²) < 4.78 is 0. The predicted molar refractivity (Wildman–Crippen MR) is 129 cm³/mol. The van der Waals surface area contributed by atoms with Gasteiger partial charge in [0.25, 0.3) is 0 Å². The van der Waals surface area contributed by atoms with E-state index in [4.69, 9.17) is 18.6 Å². The first-order valence-corrected chi connectivity index (χ1v) is 15.4. The van der Waals surface area contributed by atoms with Crippen LogP contribution in [-0.2, 0) is 23.5 Å². The van der Waals surface area contributed by atoms with Crippen LogP contribution < -0.4 is 15.5 Å². The monoisotopic (exact) mass is 493 g/mol. The van der Waals surface area contributed by atoms with Crippen molar-refractivity contribution in [3.8, 4) is 5.75 Å². The number of phenols is 1. The summed E-state index contributed by atoms with van der Waals surface area (Å²) in [6.07, 6.45) is 4.65. The van der Waals surface area contributed by atoms with E-state index < -0.39 is 17.0 Å². The van der Waals surface area contributed by atoms with Gasteiger partial charge in [-0.05, 0) is 36.5 Å². The minimum atomic E-state index is -0.556. The van der Waals surface area contributed by atoms with Crippen LogP contribution in [0.3, 0.4) is 0 Å². The molecule has 0 aromatic heterocycles. The first-order chi connectivity index (χ1) is 14.7. The number of benzene rings is 3. The zero-order chi connectivity index (χ0) is 21.2. The van der Waals surface area contributed by atoms with E-state index in [0.717, 1.165) is 30.4 Å². The fourth-order valence-electron chi connectivity index (χ4n) is 3.79. The molecule has 0 radical (unpaired) electrons. The zero-order valence-electron chi connectivity index (χ0n) is 16.8. The van der Waals surface area contributed by atoms with E-state index in [-0.39, 0.29) is 0 Å². The molecule has 0 amide bonds. The van der Waals surface area contributed by atoms with Crippen LogP contribution in [0.15, 0.2) is 72.8 Å². The van der Waals surface area contributed by atoms with Crippen molar-refractivity contribution in [2.45, 2.75) is 25.7 Å². The van der Waals surface area contributed by atoms with Crippen LogP contribution in [0.25, 0.3) is 0 Å². The maximum atomic E-state index is 10.9. The Hall–Kier alpha value is -1.02. The van der Waals surface area contributed by atoms with Gasteiger partial charge in [0, 0.05) is 35.8 Å². The number of nitrogens with zero attached hydrogens (tertiary/aromatic N) is 1. The quantitative estimate of drug-likeness (QED) is 0.349. The van der Waals surface area contributed by atoms with Gasteiger partial charge in [-0.15, -0.1) is 0 Å². The third kappa shape index (κ3) is 6.74. The molecule has 1 fully saturated rings. The van der Waals surface area contributed by atoms with Crippen molar-refractivity contribution in [3.05, 3.63) is 83.9 Å². The van der Waals surface area contributed by atoms with Gasteiger partial charge in [-0.3, -0.25) is 0 Å². The molecule has 0 spiro atoms. The molecule has 1 N–H and O–H groups in total. The summed E-state index contributed by atoms with van der Waals surface area (Å²) in [6, 6.07) is 25.2. The number of halogens is 2. The molecule has 3 aromatic carbocycles. The van der Waals surface area contributed by atoms with Gasteiger partial charge in [-0.2, -0.15) is 0 Å². The molecule has 2 nitrogen and oxygen atoms in total. The van der Waals surface area contributed by atoms with E-state index in [1.807, 2.05) is 24.3 Å².